The van der Waals surface area contributed by atoms with Crippen LogP contribution in [0.2, 0.25) is 0 Å². The predicted molar refractivity (Wildman–Crippen MR) is 114 cm³/mol. The summed E-state index contributed by atoms with van der Waals surface area (Å²) in [6.45, 7) is 5.59. The van der Waals surface area contributed by atoms with Crippen molar-refractivity contribution in [2.75, 3.05) is 46.9 Å². The van der Waals surface area contributed by atoms with Crippen molar-refractivity contribution in [3.05, 3.63) is 65.9 Å². The Bertz CT molecular complexity index is 783. The zero-order valence-electron chi connectivity index (χ0n) is 16.7. The van der Waals surface area contributed by atoms with E-state index in [1.807, 2.05) is 25.2 Å². The normalized spacial score (nSPS) is 15.8. The molecule has 3 rings (SSSR count). The van der Waals surface area contributed by atoms with Crippen LogP contribution in [-0.2, 0) is 6.54 Å². The molecule has 0 bridgehead atoms. The maximum atomic E-state index is 5.32. The zero-order chi connectivity index (χ0) is 19.6. The van der Waals surface area contributed by atoms with Crippen molar-refractivity contribution >= 4 is 12.0 Å². The molecule has 0 radical (unpaired) electrons. The van der Waals surface area contributed by atoms with Crippen LogP contribution in [0.5, 0.6) is 5.88 Å². The highest BCUT2D eigenvalue weighted by atomic mass is 16.5. The lowest BCUT2D eigenvalue weighted by molar-refractivity contribution is 0.194. The van der Waals surface area contributed by atoms with E-state index >= 15 is 0 Å². The molecule has 1 aliphatic rings. The Labute approximate surface area is 167 Å². The smallest absolute Gasteiger partial charge is 0.218 e. The number of nitrogens with one attached hydrogen (secondary N) is 1. The Balaban J connectivity index is 1.45. The van der Waals surface area contributed by atoms with Gasteiger partial charge in [0.05, 0.1) is 7.11 Å². The fraction of sp³-hybridized carbons (Fsp3) is 0.364. The molecular formula is C22H29N5O. The Kier molecular flexibility index (Phi) is 7.44. The summed E-state index contributed by atoms with van der Waals surface area (Å²) in [7, 11) is 3.48. The molecule has 0 atom stereocenters. The predicted octanol–water partition coefficient (Wildman–Crippen LogP) is 2.50. The molecule has 2 heterocycles. The number of ether oxygens (including phenoxy) is 1. The minimum absolute atomic E-state index is 0.643. The van der Waals surface area contributed by atoms with Gasteiger partial charge in [-0.25, -0.2) is 4.98 Å². The third-order valence-corrected chi connectivity index (χ3v) is 4.84. The summed E-state index contributed by atoms with van der Waals surface area (Å²) in [6.07, 6.45) is 6.17. The molecule has 1 fully saturated rings. The van der Waals surface area contributed by atoms with Crippen molar-refractivity contribution in [3.8, 4) is 5.88 Å². The highest BCUT2D eigenvalue weighted by Crippen LogP contribution is 2.13. The third-order valence-electron chi connectivity index (χ3n) is 4.84. The second-order valence-corrected chi connectivity index (χ2v) is 6.67. The monoisotopic (exact) mass is 379 g/mol. The fourth-order valence-corrected chi connectivity index (χ4v) is 3.29. The molecule has 1 aromatic heterocycles. The Morgan fingerprint density at radius 3 is 2.64 bits per heavy atom. The maximum Gasteiger partial charge on any atom is 0.218 e. The van der Waals surface area contributed by atoms with Gasteiger partial charge in [-0.1, -0.05) is 48.6 Å². The highest BCUT2D eigenvalue weighted by molar-refractivity contribution is 5.80. The van der Waals surface area contributed by atoms with Crippen LogP contribution in [0.25, 0.3) is 6.08 Å². The summed E-state index contributed by atoms with van der Waals surface area (Å²) in [4.78, 5) is 13.5. The minimum atomic E-state index is 0.643. The molecule has 6 heteroatoms. The number of methoxy groups -OCH3 is 1. The number of nitrogens with zero attached hydrogens (tertiary/aromatic N) is 4. The molecule has 0 spiro atoms. The van der Waals surface area contributed by atoms with E-state index in [1.54, 1.807) is 13.3 Å². The zero-order valence-corrected chi connectivity index (χ0v) is 16.7. The number of piperazine rings is 1. The van der Waals surface area contributed by atoms with Gasteiger partial charge >= 0.3 is 0 Å². The second kappa shape index (κ2) is 10.5. The van der Waals surface area contributed by atoms with Gasteiger partial charge in [-0.15, -0.1) is 0 Å². The van der Waals surface area contributed by atoms with Gasteiger partial charge in [-0.3, -0.25) is 9.89 Å². The van der Waals surface area contributed by atoms with Crippen LogP contribution in [-0.4, -0.2) is 67.6 Å². The number of pyridine rings is 1. The SMILES string of the molecule is CN=C(NCc1cccnc1OC)N1CCN(C/C=C/c2ccccc2)CC1. The number of benzene rings is 1. The van der Waals surface area contributed by atoms with Gasteiger partial charge in [0, 0.05) is 58.1 Å². The molecule has 148 valence electrons. The maximum absolute atomic E-state index is 5.32. The summed E-state index contributed by atoms with van der Waals surface area (Å²) in [6, 6.07) is 14.4. The molecule has 6 nitrogen and oxygen atoms in total. The van der Waals surface area contributed by atoms with Crippen LogP contribution in [0, 0.1) is 0 Å². The fourth-order valence-electron chi connectivity index (χ4n) is 3.29. The lowest BCUT2D eigenvalue weighted by Crippen LogP contribution is -2.52. The number of rotatable bonds is 6. The van der Waals surface area contributed by atoms with Gasteiger partial charge < -0.3 is 15.0 Å². The van der Waals surface area contributed by atoms with Gasteiger partial charge in [0.25, 0.3) is 0 Å². The second-order valence-electron chi connectivity index (χ2n) is 6.67. The van der Waals surface area contributed by atoms with Gasteiger partial charge in [0.1, 0.15) is 0 Å². The van der Waals surface area contributed by atoms with Crippen molar-refractivity contribution in [2.24, 2.45) is 4.99 Å². The quantitative estimate of drug-likeness (QED) is 0.617. The number of aliphatic imine (C=N–C) groups is 1. The van der Waals surface area contributed by atoms with Crippen LogP contribution in [0.4, 0.5) is 0 Å². The van der Waals surface area contributed by atoms with Gasteiger partial charge in [0.2, 0.25) is 5.88 Å². The first-order valence-electron chi connectivity index (χ1n) is 9.67. The lowest BCUT2D eigenvalue weighted by Gasteiger charge is -2.36. The lowest BCUT2D eigenvalue weighted by atomic mass is 10.2. The molecule has 1 N–H and O–H groups in total. The third kappa shape index (κ3) is 5.57. The summed E-state index contributed by atoms with van der Waals surface area (Å²) in [5.74, 6) is 1.57. The van der Waals surface area contributed by atoms with Crippen LogP contribution in [0.1, 0.15) is 11.1 Å². The van der Waals surface area contributed by atoms with E-state index in [4.69, 9.17) is 4.74 Å². The van der Waals surface area contributed by atoms with Crippen LogP contribution >= 0.6 is 0 Å². The average Bonchev–Trinajstić information content (AvgIpc) is 2.76. The Morgan fingerprint density at radius 2 is 1.93 bits per heavy atom. The molecule has 28 heavy (non-hydrogen) atoms. The minimum Gasteiger partial charge on any atom is -0.481 e. The summed E-state index contributed by atoms with van der Waals surface area (Å²) in [5.41, 5.74) is 2.27. The van der Waals surface area contributed by atoms with E-state index < -0.39 is 0 Å². The topological polar surface area (TPSA) is 53.0 Å². The average molecular weight is 380 g/mol. The van der Waals surface area contributed by atoms with E-state index in [-0.39, 0.29) is 0 Å². The van der Waals surface area contributed by atoms with Crippen LogP contribution < -0.4 is 10.1 Å². The Hall–Kier alpha value is -2.86. The van der Waals surface area contributed by atoms with E-state index in [1.165, 1.54) is 5.56 Å². The van der Waals surface area contributed by atoms with E-state index in [0.717, 1.165) is 44.2 Å². The molecule has 1 aromatic carbocycles. The largest absolute Gasteiger partial charge is 0.481 e. The van der Waals surface area contributed by atoms with E-state index in [9.17, 15) is 0 Å². The molecule has 0 unspecified atom stereocenters. The summed E-state index contributed by atoms with van der Waals surface area (Å²) in [5, 5.41) is 3.43. The Morgan fingerprint density at radius 1 is 1.14 bits per heavy atom. The summed E-state index contributed by atoms with van der Waals surface area (Å²) < 4.78 is 5.32. The number of hydrogen-bond donors (Lipinski definition) is 1. The first-order chi connectivity index (χ1) is 13.8. The van der Waals surface area contributed by atoms with Crippen molar-refractivity contribution in [2.45, 2.75) is 6.54 Å². The van der Waals surface area contributed by atoms with Crippen LogP contribution in [0.3, 0.4) is 0 Å². The van der Waals surface area contributed by atoms with Crippen molar-refractivity contribution in [1.29, 1.82) is 0 Å². The molecule has 1 saturated heterocycles. The molecule has 0 amide bonds. The van der Waals surface area contributed by atoms with Gasteiger partial charge in [0.15, 0.2) is 5.96 Å². The molecule has 0 aliphatic carbocycles. The first-order valence-corrected chi connectivity index (χ1v) is 9.67. The molecular weight excluding hydrogens is 350 g/mol. The van der Waals surface area contributed by atoms with Gasteiger partial charge in [-0.05, 0) is 11.6 Å². The van der Waals surface area contributed by atoms with E-state index in [0.29, 0.717) is 12.4 Å². The number of aromatic nitrogens is 1. The molecule has 1 aliphatic heterocycles. The van der Waals surface area contributed by atoms with Crippen molar-refractivity contribution in [3.63, 3.8) is 0 Å². The molecule has 2 aromatic rings. The summed E-state index contributed by atoms with van der Waals surface area (Å²) >= 11 is 0. The number of guanidine groups is 1. The van der Waals surface area contributed by atoms with Gasteiger partial charge in [-0.2, -0.15) is 0 Å². The first kappa shape index (κ1) is 19.9. The number of hydrogen-bond acceptors (Lipinski definition) is 4. The standard InChI is InChI=1S/C22H29N5O/c1-23-22(25-18-20-11-6-12-24-21(20)28-2)27-16-14-26(15-17-27)13-7-10-19-8-4-3-5-9-19/h3-12H,13-18H2,1-2H3,(H,23,25)/b10-7+. The van der Waals surface area contributed by atoms with E-state index in [2.05, 4.69) is 61.5 Å². The molecule has 0 saturated carbocycles. The highest BCUT2D eigenvalue weighted by Gasteiger charge is 2.19. The van der Waals surface area contributed by atoms with Crippen LogP contribution in [0.15, 0.2) is 59.7 Å². The van der Waals surface area contributed by atoms with Crippen molar-refractivity contribution in [1.82, 2.24) is 20.1 Å². The van der Waals surface area contributed by atoms with Crippen molar-refractivity contribution < 1.29 is 4.74 Å².